The van der Waals surface area contributed by atoms with Crippen LogP contribution in [0.4, 0.5) is 0 Å². The predicted octanol–water partition coefficient (Wildman–Crippen LogP) is 2.45. The third-order valence-corrected chi connectivity index (χ3v) is 3.00. The first-order valence-corrected chi connectivity index (χ1v) is 6.08. The van der Waals surface area contributed by atoms with E-state index in [4.69, 9.17) is 4.74 Å². The number of hydrogen-bond acceptors (Lipinski definition) is 3. The summed E-state index contributed by atoms with van der Waals surface area (Å²) in [6.07, 6.45) is 1.15. The highest BCUT2D eigenvalue weighted by Gasteiger charge is 2.35. The molecule has 1 fully saturated rings. The van der Waals surface area contributed by atoms with E-state index in [2.05, 4.69) is 18.7 Å². The maximum absolute atomic E-state index is 11.9. The molecule has 1 atom stereocenters. The average molecular weight is 227 g/mol. The number of esters is 1. The molecule has 1 heterocycles. The van der Waals surface area contributed by atoms with Crippen molar-refractivity contribution >= 4 is 5.97 Å². The molecule has 0 radical (unpaired) electrons. The Morgan fingerprint density at radius 2 is 1.94 bits per heavy atom. The molecular formula is C13H25NO2. The molecule has 1 aliphatic rings. The van der Waals surface area contributed by atoms with Crippen LogP contribution in [0.2, 0.25) is 0 Å². The lowest BCUT2D eigenvalue weighted by atomic mass is 9.93. The third-order valence-electron chi connectivity index (χ3n) is 3.00. The van der Waals surface area contributed by atoms with Crippen LogP contribution in [0.25, 0.3) is 0 Å². The van der Waals surface area contributed by atoms with Crippen LogP contribution in [-0.2, 0) is 9.53 Å². The normalized spacial score (nSPS) is 23.1. The summed E-state index contributed by atoms with van der Waals surface area (Å²) >= 11 is 0. The first-order valence-electron chi connectivity index (χ1n) is 6.08. The highest BCUT2D eigenvalue weighted by Crippen LogP contribution is 2.30. The second kappa shape index (κ2) is 4.36. The molecule has 0 saturated carbocycles. The maximum Gasteiger partial charge on any atom is 0.323 e. The second-order valence-electron chi connectivity index (χ2n) is 6.59. The first-order chi connectivity index (χ1) is 7.11. The standard InChI is InChI=1S/C13H25NO2/c1-10(11(15)16-12(2,3)4)14-8-7-13(5,6)9-14/h10H,7-9H2,1-6H3. The van der Waals surface area contributed by atoms with Gasteiger partial charge >= 0.3 is 5.97 Å². The molecule has 16 heavy (non-hydrogen) atoms. The molecule has 0 bridgehead atoms. The summed E-state index contributed by atoms with van der Waals surface area (Å²) in [6, 6.07) is -0.124. The van der Waals surface area contributed by atoms with Crippen molar-refractivity contribution in [2.75, 3.05) is 13.1 Å². The zero-order valence-corrected chi connectivity index (χ0v) is 11.5. The lowest BCUT2D eigenvalue weighted by Gasteiger charge is -2.28. The van der Waals surface area contributed by atoms with Crippen molar-refractivity contribution in [1.29, 1.82) is 0 Å². The zero-order valence-electron chi connectivity index (χ0n) is 11.5. The highest BCUT2D eigenvalue weighted by atomic mass is 16.6. The van der Waals surface area contributed by atoms with Crippen LogP contribution in [0.15, 0.2) is 0 Å². The van der Waals surface area contributed by atoms with E-state index in [1.807, 2.05) is 27.7 Å². The Balaban J connectivity index is 2.52. The van der Waals surface area contributed by atoms with Crippen molar-refractivity contribution in [2.45, 2.75) is 59.6 Å². The smallest absolute Gasteiger partial charge is 0.323 e. The maximum atomic E-state index is 11.9. The van der Waals surface area contributed by atoms with Crippen LogP contribution in [0.1, 0.15) is 48.0 Å². The Labute approximate surface area is 99.1 Å². The van der Waals surface area contributed by atoms with Gasteiger partial charge in [-0.25, -0.2) is 0 Å². The topological polar surface area (TPSA) is 29.5 Å². The van der Waals surface area contributed by atoms with Gasteiger partial charge in [0, 0.05) is 6.54 Å². The van der Waals surface area contributed by atoms with Crippen LogP contribution in [-0.4, -0.2) is 35.6 Å². The number of carbonyl (C=O) groups excluding carboxylic acids is 1. The van der Waals surface area contributed by atoms with Crippen molar-refractivity contribution in [1.82, 2.24) is 4.90 Å². The Bertz CT molecular complexity index is 266. The van der Waals surface area contributed by atoms with Gasteiger partial charge < -0.3 is 4.74 Å². The minimum absolute atomic E-state index is 0.106. The fourth-order valence-corrected chi connectivity index (χ4v) is 2.02. The number of nitrogens with zero attached hydrogens (tertiary/aromatic N) is 1. The van der Waals surface area contributed by atoms with Gasteiger partial charge in [0.2, 0.25) is 0 Å². The van der Waals surface area contributed by atoms with Crippen molar-refractivity contribution in [3.8, 4) is 0 Å². The predicted molar refractivity (Wildman–Crippen MR) is 65.3 cm³/mol. The van der Waals surface area contributed by atoms with Crippen LogP contribution < -0.4 is 0 Å². The number of carbonyl (C=O) groups is 1. The number of likely N-dealkylation sites (tertiary alicyclic amines) is 1. The van der Waals surface area contributed by atoms with Crippen molar-refractivity contribution in [2.24, 2.45) is 5.41 Å². The summed E-state index contributed by atoms with van der Waals surface area (Å²) in [5, 5.41) is 0. The summed E-state index contributed by atoms with van der Waals surface area (Å²) in [4.78, 5) is 14.1. The van der Waals surface area contributed by atoms with Gasteiger partial charge in [-0.15, -0.1) is 0 Å². The summed E-state index contributed by atoms with van der Waals surface area (Å²) in [5.41, 5.74) is -0.0587. The first kappa shape index (κ1) is 13.5. The number of ether oxygens (including phenoxy) is 1. The van der Waals surface area contributed by atoms with Gasteiger partial charge in [-0.05, 0) is 46.1 Å². The van der Waals surface area contributed by atoms with E-state index in [9.17, 15) is 4.79 Å². The largest absolute Gasteiger partial charge is 0.459 e. The van der Waals surface area contributed by atoms with E-state index in [1.54, 1.807) is 0 Å². The molecule has 1 aliphatic heterocycles. The quantitative estimate of drug-likeness (QED) is 0.679. The number of hydrogen-bond donors (Lipinski definition) is 0. The molecule has 0 aromatic rings. The van der Waals surface area contributed by atoms with Gasteiger partial charge in [0.15, 0.2) is 0 Å². The van der Waals surface area contributed by atoms with Gasteiger partial charge in [-0.1, -0.05) is 13.8 Å². The molecule has 3 nitrogen and oxygen atoms in total. The Kier molecular flexibility index (Phi) is 3.68. The van der Waals surface area contributed by atoms with Gasteiger partial charge in [0.05, 0.1) is 0 Å². The molecule has 1 unspecified atom stereocenters. The SMILES string of the molecule is CC(C(=O)OC(C)(C)C)N1CCC(C)(C)C1. The summed E-state index contributed by atoms with van der Waals surface area (Å²) in [7, 11) is 0. The molecule has 3 heteroatoms. The second-order valence-corrected chi connectivity index (χ2v) is 6.59. The molecule has 94 valence electrons. The van der Waals surface area contributed by atoms with E-state index >= 15 is 0 Å². The molecule has 0 N–H and O–H groups in total. The molecule has 0 amide bonds. The molecule has 1 saturated heterocycles. The molecule has 0 aromatic carbocycles. The third kappa shape index (κ3) is 3.78. The van der Waals surface area contributed by atoms with E-state index < -0.39 is 0 Å². The molecule has 0 spiro atoms. The Morgan fingerprint density at radius 3 is 2.31 bits per heavy atom. The van der Waals surface area contributed by atoms with Crippen LogP contribution >= 0.6 is 0 Å². The van der Waals surface area contributed by atoms with E-state index in [0.717, 1.165) is 19.5 Å². The lowest BCUT2D eigenvalue weighted by Crippen LogP contribution is -2.41. The van der Waals surface area contributed by atoms with Gasteiger partial charge in [0.25, 0.3) is 0 Å². The van der Waals surface area contributed by atoms with E-state index in [-0.39, 0.29) is 17.6 Å². The van der Waals surface area contributed by atoms with Crippen LogP contribution in [0.5, 0.6) is 0 Å². The van der Waals surface area contributed by atoms with Crippen molar-refractivity contribution < 1.29 is 9.53 Å². The molecule has 0 aliphatic carbocycles. The van der Waals surface area contributed by atoms with Gasteiger partial charge in [-0.3, -0.25) is 9.69 Å². The van der Waals surface area contributed by atoms with Crippen molar-refractivity contribution in [3.05, 3.63) is 0 Å². The number of rotatable bonds is 2. The zero-order chi connectivity index (χ0) is 12.6. The van der Waals surface area contributed by atoms with E-state index in [1.165, 1.54) is 0 Å². The monoisotopic (exact) mass is 227 g/mol. The molecule has 0 aromatic heterocycles. The minimum Gasteiger partial charge on any atom is -0.459 e. The molecular weight excluding hydrogens is 202 g/mol. The summed E-state index contributed by atoms with van der Waals surface area (Å²) in [6.45, 7) is 14.1. The van der Waals surface area contributed by atoms with Crippen molar-refractivity contribution in [3.63, 3.8) is 0 Å². The highest BCUT2D eigenvalue weighted by molar-refractivity contribution is 5.75. The fraction of sp³-hybridized carbons (Fsp3) is 0.923. The summed E-state index contributed by atoms with van der Waals surface area (Å²) in [5.74, 6) is -0.106. The van der Waals surface area contributed by atoms with E-state index in [0.29, 0.717) is 5.41 Å². The van der Waals surface area contributed by atoms with Crippen LogP contribution in [0, 0.1) is 5.41 Å². The Morgan fingerprint density at radius 1 is 1.38 bits per heavy atom. The summed E-state index contributed by atoms with van der Waals surface area (Å²) < 4.78 is 5.40. The fourth-order valence-electron chi connectivity index (χ4n) is 2.02. The minimum atomic E-state index is -0.388. The van der Waals surface area contributed by atoms with Gasteiger partial charge in [-0.2, -0.15) is 0 Å². The van der Waals surface area contributed by atoms with Crippen LogP contribution in [0.3, 0.4) is 0 Å². The van der Waals surface area contributed by atoms with Gasteiger partial charge in [0.1, 0.15) is 11.6 Å². The lowest BCUT2D eigenvalue weighted by molar-refractivity contribution is -0.160. The Hall–Kier alpha value is -0.570. The average Bonchev–Trinajstić information content (AvgIpc) is 2.41. The molecule has 1 rings (SSSR count).